The van der Waals surface area contributed by atoms with Crippen LogP contribution in [0, 0.1) is 17.2 Å². The predicted molar refractivity (Wildman–Crippen MR) is 93.7 cm³/mol. The maximum absolute atomic E-state index is 12.5. The van der Waals surface area contributed by atoms with Crippen LogP contribution in [0.5, 0.6) is 0 Å². The lowest BCUT2D eigenvalue weighted by Crippen LogP contribution is -2.39. The molecule has 0 saturated carbocycles. The van der Waals surface area contributed by atoms with E-state index in [0.717, 1.165) is 10.6 Å². The highest BCUT2D eigenvalue weighted by molar-refractivity contribution is 8.01. The lowest BCUT2D eigenvalue weighted by atomic mass is 10.0. The van der Waals surface area contributed by atoms with E-state index in [1.807, 2.05) is 30.3 Å². The molecule has 0 radical (unpaired) electrons. The summed E-state index contributed by atoms with van der Waals surface area (Å²) in [6.45, 7) is 1.72. The number of nitriles is 1. The minimum Gasteiger partial charge on any atom is -0.325 e. The molecule has 2 amide bonds. The fourth-order valence-electron chi connectivity index (χ4n) is 2.47. The molecule has 5 nitrogen and oxygen atoms in total. The minimum absolute atomic E-state index is 0.185. The Morgan fingerprint density at radius 1 is 1.25 bits per heavy atom. The van der Waals surface area contributed by atoms with Crippen molar-refractivity contribution in [2.24, 2.45) is 5.92 Å². The van der Waals surface area contributed by atoms with Crippen LogP contribution in [0.2, 0.25) is 0 Å². The van der Waals surface area contributed by atoms with E-state index in [4.69, 9.17) is 5.26 Å². The first-order valence-corrected chi connectivity index (χ1v) is 8.34. The van der Waals surface area contributed by atoms with E-state index < -0.39 is 11.2 Å². The first kappa shape index (κ1) is 16.1. The lowest BCUT2D eigenvalue weighted by molar-refractivity contribution is -0.123. The van der Waals surface area contributed by atoms with E-state index in [0.29, 0.717) is 11.3 Å². The van der Waals surface area contributed by atoms with E-state index in [1.54, 1.807) is 31.2 Å². The zero-order valence-corrected chi connectivity index (χ0v) is 13.8. The second-order valence-electron chi connectivity index (χ2n) is 5.46. The Morgan fingerprint density at radius 2 is 1.96 bits per heavy atom. The SMILES string of the molecule is CC(C(=O)Nc1ccccc1C#N)C1Sc2ccccc2NC1=O. The Balaban J connectivity index is 1.77. The summed E-state index contributed by atoms with van der Waals surface area (Å²) in [5, 5.41) is 14.2. The van der Waals surface area contributed by atoms with Crippen LogP contribution in [-0.4, -0.2) is 17.1 Å². The number of rotatable bonds is 3. The molecule has 0 bridgehead atoms. The van der Waals surface area contributed by atoms with Crippen LogP contribution < -0.4 is 10.6 Å². The molecular weight excluding hydrogens is 322 g/mol. The van der Waals surface area contributed by atoms with E-state index in [9.17, 15) is 9.59 Å². The number of amides is 2. The first-order chi connectivity index (χ1) is 11.6. The van der Waals surface area contributed by atoms with Gasteiger partial charge in [0.05, 0.1) is 28.1 Å². The number of carbonyl (C=O) groups is 2. The van der Waals surface area contributed by atoms with Gasteiger partial charge in [-0.15, -0.1) is 11.8 Å². The minimum atomic E-state index is -0.546. The molecule has 2 aromatic carbocycles. The van der Waals surface area contributed by atoms with Gasteiger partial charge in [-0.3, -0.25) is 9.59 Å². The van der Waals surface area contributed by atoms with Crippen molar-refractivity contribution in [2.75, 3.05) is 10.6 Å². The Bertz CT molecular complexity index is 844. The first-order valence-electron chi connectivity index (χ1n) is 7.46. The monoisotopic (exact) mass is 337 g/mol. The van der Waals surface area contributed by atoms with Gasteiger partial charge in [0.15, 0.2) is 0 Å². The van der Waals surface area contributed by atoms with Crippen molar-refractivity contribution in [2.45, 2.75) is 17.1 Å². The molecule has 24 heavy (non-hydrogen) atoms. The molecule has 1 aliphatic rings. The Labute approximate surface area is 144 Å². The number of thioether (sulfide) groups is 1. The lowest BCUT2D eigenvalue weighted by Gasteiger charge is -2.27. The highest BCUT2D eigenvalue weighted by Crippen LogP contribution is 2.38. The van der Waals surface area contributed by atoms with Crippen molar-refractivity contribution < 1.29 is 9.59 Å². The zero-order chi connectivity index (χ0) is 17.1. The molecule has 2 unspecified atom stereocenters. The van der Waals surface area contributed by atoms with Crippen LogP contribution in [0.4, 0.5) is 11.4 Å². The standard InChI is InChI=1S/C18H15N3O2S/c1-11(17(22)20-13-7-3-2-6-12(13)10-19)16-18(23)21-14-8-4-5-9-15(14)24-16/h2-9,11,16H,1H3,(H,20,22)(H,21,23). The summed E-state index contributed by atoms with van der Waals surface area (Å²) < 4.78 is 0. The van der Waals surface area contributed by atoms with Gasteiger partial charge in [0, 0.05) is 4.90 Å². The third-order valence-corrected chi connectivity index (χ3v) is 5.32. The Kier molecular flexibility index (Phi) is 4.54. The van der Waals surface area contributed by atoms with Crippen molar-refractivity contribution in [3.8, 4) is 6.07 Å². The molecule has 0 spiro atoms. The van der Waals surface area contributed by atoms with Gasteiger partial charge in [-0.05, 0) is 24.3 Å². The third kappa shape index (κ3) is 3.12. The molecule has 0 aromatic heterocycles. The zero-order valence-electron chi connectivity index (χ0n) is 12.9. The second-order valence-corrected chi connectivity index (χ2v) is 6.64. The normalized spacial score (nSPS) is 17.2. The number of nitrogens with one attached hydrogen (secondary N) is 2. The molecule has 0 saturated heterocycles. The van der Waals surface area contributed by atoms with Crippen LogP contribution in [0.15, 0.2) is 53.4 Å². The quantitative estimate of drug-likeness (QED) is 0.901. The van der Waals surface area contributed by atoms with Gasteiger partial charge in [-0.2, -0.15) is 5.26 Å². The van der Waals surface area contributed by atoms with Crippen molar-refractivity contribution in [1.82, 2.24) is 0 Å². The molecule has 2 aromatic rings. The van der Waals surface area contributed by atoms with E-state index in [2.05, 4.69) is 10.6 Å². The molecule has 2 atom stereocenters. The third-order valence-electron chi connectivity index (χ3n) is 3.83. The van der Waals surface area contributed by atoms with Crippen molar-refractivity contribution in [3.63, 3.8) is 0 Å². The van der Waals surface area contributed by atoms with Gasteiger partial charge >= 0.3 is 0 Å². The van der Waals surface area contributed by atoms with Gasteiger partial charge in [0.2, 0.25) is 11.8 Å². The Hall–Kier alpha value is -2.78. The number of fused-ring (bicyclic) bond motifs is 1. The average Bonchev–Trinajstić information content (AvgIpc) is 2.61. The van der Waals surface area contributed by atoms with Crippen molar-refractivity contribution in [1.29, 1.82) is 5.26 Å². The van der Waals surface area contributed by atoms with Crippen LogP contribution in [-0.2, 0) is 9.59 Å². The van der Waals surface area contributed by atoms with Gasteiger partial charge in [0.25, 0.3) is 0 Å². The highest BCUT2D eigenvalue weighted by Gasteiger charge is 2.35. The number of nitrogens with zero attached hydrogens (tertiary/aromatic N) is 1. The average molecular weight is 337 g/mol. The molecule has 6 heteroatoms. The fourth-order valence-corrected chi connectivity index (χ4v) is 3.64. The summed E-state index contributed by atoms with van der Waals surface area (Å²) in [5.74, 6) is -1.02. The van der Waals surface area contributed by atoms with Crippen LogP contribution >= 0.6 is 11.8 Å². The van der Waals surface area contributed by atoms with Gasteiger partial charge in [0.1, 0.15) is 6.07 Å². The summed E-state index contributed by atoms with van der Waals surface area (Å²) in [4.78, 5) is 25.8. The van der Waals surface area contributed by atoms with Gasteiger partial charge < -0.3 is 10.6 Å². The summed E-state index contributed by atoms with van der Waals surface area (Å²) in [7, 11) is 0. The van der Waals surface area contributed by atoms with Crippen molar-refractivity contribution in [3.05, 3.63) is 54.1 Å². The number of para-hydroxylation sites is 2. The number of hydrogen-bond donors (Lipinski definition) is 2. The van der Waals surface area contributed by atoms with Gasteiger partial charge in [-0.25, -0.2) is 0 Å². The summed E-state index contributed by atoms with van der Waals surface area (Å²) >= 11 is 1.38. The molecule has 0 aliphatic carbocycles. The fraction of sp³-hybridized carbons (Fsp3) is 0.167. The molecule has 2 N–H and O–H groups in total. The molecule has 1 aliphatic heterocycles. The Morgan fingerprint density at radius 3 is 2.75 bits per heavy atom. The second kappa shape index (κ2) is 6.77. The molecule has 3 rings (SSSR count). The van der Waals surface area contributed by atoms with E-state index >= 15 is 0 Å². The predicted octanol–water partition coefficient (Wildman–Crippen LogP) is 3.25. The largest absolute Gasteiger partial charge is 0.325 e. The van der Waals surface area contributed by atoms with Crippen LogP contribution in [0.3, 0.4) is 0 Å². The molecule has 120 valence electrons. The number of anilines is 2. The number of carbonyl (C=O) groups excluding carboxylic acids is 2. The molecule has 1 heterocycles. The molecular formula is C18H15N3O2S. The smallest absolute Gasteiger partial charge is 0.238 e. The maximum atomic E-state index is 12.5. The highest BCUT2D eigenvalue weighted by atomic mass is 32.2. The van der Waals surface area contributed by atoms with Crippen molar-refractivity contribution >= 4 is 35.0 Å². The van der Waals surface area contributed by atoms with E-state index in [-0.39, 0.29) is 11.8 Å². The molecule has 0 fully saturated rings. The van der Waals surface area contributed by atoms with E-state index in [1.165, 1.54) is 11.8 Å². The summed E-state index contributed by atoms with van der Waals surface area (Å²) in [6, 6.07) is 16.3. The van der Waals surface area contributed by atoms with Crippen LogP contribution in [0.1, 0.15) is 12.5 Å². The number of benzene rings is 2. The maximum Gasteiger partial charge on any atom is 0.238 e. The summed E-state index contributed by atoms with van der Waals surface area (Å²) in [5.41, 5.74) is 1.62. The topological polar surface area (TPSA) is 82.0 Å². The van der Waals surface area contributed by atoms with Gasteiger partial charge in [-0.1, -0.05) is 31.2 Å². The van der Waals surface area contributed by atoms with Crippen LogP contribution in [0.25, 0.3) is 0 Å². The summed E-state index contributed by atoms with van der Waals surface area (Å²) in [6.07, 6.45) is 0. The number of hydrogen-bond acceptors (Lipinski definition) is 4.